The molecule has 31 heavy (non-hydrogen) atoms. The fourth-order valence-corrected chi connectivity index (χ4v) is 3.57. The highest BCUT2D eigenvalue weighted by Gasteiger charge is 2.14. The fraction of sp³-hybridized carbons (Fsp3) is 0.0870. The van der Waals surface area contributed by atoms with E-state index in [4.69, 9.17) is 0 Å². The smallest absolute Gasteiger partial charge is 0.253 e. The number of carbonyl (C=O) groups excluding carboxylic acids is 1. The van der Waals surface area contributed by atoms with E-state index in [0.717, 1.165) is 22.2 Å². The fourth-order valence-electron chi connectivity index (χ4n) is 3.57. The zero-order valence-electron chi connectivity index (χ0n) is 16.6. The van der Waals surface area contributed by atoms with Gasteiger partial charge < -0.3 is 5.32 Å². The van der Waals surface area contributed by atoms with Crippen LogP contribution in [0, 0.1) is 5.82 Å². The Balaban J connectivity index is 1.54. The first-order chi connectivity index (χ1) is 15.1. The molecule has 152 valence electrons. The van der Waals surface area contributed by atoms with Crippen LogP contribution in [0.3, 0.4) is 0 Å². The van der Waals surface area contributed by atoms with E-state index >= 15 is 0 Å². The van der Waals surface area contributed by atoms with Gasteiger partial charge in [0.05, 0.1) is 29.2 Å². The molecular formula is C23H17FN6O. The van der Waals surface area contributed by atoms with Gasteiger partial charge in [-0.25, -0.2) is 18.9 Å². The lowest BCUT2D eigenvalue weighted by atomic mass is 10.1. The molecule has 1 amide bonds. The molecule has 0 aliphatic carbocycles. The molecule has 0 fully saturated rings. The lowest BCUT2D eigenvalue weighted by Crippen LogP contribution is -2.19. The van der Waals surface area contributed by atoms with Crippen LogP contribution in [0.5, 0.6) is 0 Å². The molecule has 0 spiro atoms. The monoisotopic (exact) mass is 412 g/mol. The maximum atomic E-state index is 14.4. The summed E-state index contributed by atoms with van der Waals surface area (Å²) in [4.78, 5) is 24.9. The minimum Gasteiger partial charge on any atom is -0.355 e. The third kappa shape index (κ3) is 3.38. The molecule has 5 aromatic rings. The third-order valence-corrected chi connectivity index (χ3v) is 5.12. The number of benzene rings is 2. The summed E-state index contributed by atoms with van der Waals surface area (Å²) in [5.41, 5.74) is 3.79. The molecule has 3 heterocycles. The zero-order chi connectivity index (χ0) is 21.4. The Kier molecular flexibility index (Phi) is 4.59. The maximum absolute atomic E-state index is 14.4. The number of rotatable bonds is 4. The van der Waals surface area contributed by atoms with Crippen molar-refractivity contribution in [3.05, 3.63) is 89.8 Å². The summed E-state index contributed by atoms with van der Waals surface area (Å²) in [6.07, 6.45) is 5.61. The summed E-state index contributed by atoms with van der Waals surface area (Å²) in [7, 11) is 1.46. The van der Waals surface area contributed by atoms with Crippen LogP contribution >= 0.6 is 0 Å². The second kappa shape index (κ2) is 7.56. The Morgan fingerprint density at radius 3 is 2.74 bits per heavy atom. The van der Waals surface area contributed by atoms with E-state index in [1.807, 2.05) is 30.3 Å². The van der Waals surface area contributed by atoms with E-state index in [2.05, 4.69) is 25.4 Å². The van der Waals surface area contributed by atoms with Crippen molar-refractivity contribution >= 4 is 22.6 Å². The van der Waals surface area contributed by atoms with Gasteiger partial charge in [-0.3, -0.25) is 9.78 Å². The molecule has 5 rings (SSSR count). The number of carbonyl (C=O) groups is 1. The number of amides is 1. The summed E-state index contributed by atoms with van der Waals surface area (Å²) < 4.78 is 16.1. The van der Waals surface area contributed by atoms with Crippen LogP contribution in [0.4, 0.5) is 4.39 Å². The van der Waals surface area contributed by atoms with E-state index in [1.165, 1.54) is 19.2 Å². The molecule has 1 N–H and O–H groups in total. The second-order valence-electron chi connectivity index (χ2n) is 7.05. The molecule has 3 aromatic heterocycles. The van der Waals surface area contributed by atoms with Crippen LogP contribution in [0.15, 0.2) is 67.1 Å². The number of hydrogen-bond acceptors (Lipinski definition) is 5. The topological polar surface area (TPSA) is 85.1 Å². The third-order valence-electron chi connectivity index (χ3n) is 5.12. The predicted octanol–water partition coefficient (Wildman–Crippen LogP) is 3.43. The standard InChI is InChI=1S/C23H17FN6O/c1-25-22(31)18-8-7-15(11-19(18)24)20-13-28-23-27-12-17(30(23)29-20)10-16-5-2-4-14-6-3-9-26-21(14)16/h2-9,11-13H,10H2,1H3,(H,25,31). The Bertz CT molecular complexity index is 1440. The number of fused-ring (bicyclic) bond motifs is 2. The summed E-state index contributed by atoms with van der Waals surface area (Å²) in [5.74, 6) is -0.646. The van der Waals surface area contributed by atoms with Crippen molar-refractivity contribution in [2.24, 2.45) is 0 Å². The van der Waals surface area contributed by atoms with Crippen LogP contribution in [-0.4, -0.2) is 37.5 Å². The largest absolute Gasteiger partial charge is 0.355 e. The number of para-hydroxylation sites is 1. The van der Waals surface area contributed by atoms with Crippen molar-refractivity contribution in [1.29, 1.82) is 0 Å². The maximum Gasteiger partial charge on any atom is 0.253 e. The molecule has 2 aromatic carbocycles. The molecule has 0 unspecified atom stereocenters. The normalized spacial score (nSPS) is 11.2. The van der Waals surface area contributed by atoms with Gasteiger partial charge >= 0.3 is 0 Å². The van der Waals surface area contributed by atoms with E-state index in [0.29, 0.717) is 23.5 Å². The first-order valence-electron chi connectivity index (χ1n) is 9.68. The van der Waals surface area contributed by atoms with Crippen molar-refractivity contribution < 1.29 is 9.18 Å². The van der Waals surface area contributed by atoms with E-state index in [-0.39, 0.29) is 5.56 Å². The van der Waals surface area contributed by atoms with Gasteiger partial charge in [-0.15, -0.1) is 0 Å². The number of imidazole rings is 1. The van der Waals surface area contributed by atoms with Crippen molar-refractivity contribution in [3.8, 4) is 11.3 Å². The second-order valence-corrected chi connectivity index (χ2v) is 7.05. The molecule has 7 nitrogen and oxygen atoms in total. The van der Waals surface area contributed by atoms with Gasteiger partial charge in [0.25, 0.3) is 11.7 Å². The van der Waals surface area contributed by atoms with E-state index in [1.54, 1.807) is 29.2 Å². The highest BCUT2D eigenvalue weighted by atomic mass is 19.1. The Morgan fingerprint density at radius 2 is 1.90 bits per heavy atom. The average molecular weight is 412 g/mol. The average Bonchev–Trinajstić information content (AvgIpc) is 3.20. The van der Waals surface area contributed by atoms with Crippen LogP contribution in [0.1, 0.15) is 21.6 Å². The minimum atomic E-state index is -0.619. The van der Waals surface area contributed by atoms with Gasteiger partial charge in [-0.05, 0) is 23.8 Å². The highest BCUT2D eigenvalue weighted by molar-refractivity contribution is 5.94. The molecule has 0 aliphatic heterocycles. The lowest BCUT2D eigenvalue weighted by Gasteiger charge is -2.07. The van der Waals surface area contributed by atoms with Gasteiger partial charge in [0.15, 0.2) is 0 Å². The van der Waals surface area contributed by atoms with Gasteiger partial charge in [-0.1, -0.05) is 30.3 Å². The molecule has 0 radical (unpaired) electrons. The summed E-state index contributed by atoms with van der Waals surface area (Å²) in [6.45, 7) is 0. The molecule has 0 aliphatic rings. The summed E-state index contributed by atoms with van der Waals surface area (Å²) in [5, 5.41) is 8.10. The molecule has 0 atom stereocenters. The lowest BCUT2D eigenvalue weighted by molar-refractivity contribution is 0.0959. The number of hydrogen-bond donors (Lipinski definition) is 1. The predicted molar refractivity (Wildman–Crippen MR) is 114 cm³/mol. The summed E-state index contributed by atoms with van der Waals surface area (Å²) >= 11 is 0. The van der Waals surface area contributed by atoms with Crippen LogP contribution in [0.25, 0.3) is 27.9 Å². The SMILES string of the molecule is CNC(=O)c1ccc(-c2cnc3ncc(Cc4cccc5cccnc45)n3n2)cc1F. The number of nitrogens with one attached hydrogen (secondary N) is 1. The highest BCUT2D eigenvalue weighted by Crippen LogP contribution is 2.22. The van der Waals surface area contributed by atoms with Gasteiger partial charge in [0.2, 0.25) is 0 Å². The van der Waals surface area contributed by atoms with Gasteiger partial charge in [-0.2, -0.15) is 5.10 Å². The minimum absolute atomic E-state index is 0.0212. The number of halogens is 1. The molecule has 0 bridgehead atoms. The molecule has 8 heteroatoms. The molecule has 0 saturated heterocycles. The Morgan fingerprint density at radius 1 is 1.06 bits per heavy atom. The van der Waals surface area contributed by atoms with Crippen molar-refractivity contribution in [2.45, 2.75) is 6.42 Å². The Hall–Kier alpha value is -4.20. The van der Waals surface area contributed by atoms with Crippen molar-refractivity contribution in [3.63, 3.8) is 0 Å². The van der Waals surface area contributed by atoms with E-state index < -0.39 is 11.7 Å². The zero-order valence-corrected chi connectivity index (χ0v) is 16.6. The molecule has 0 saturated carbocycles. The van der Waals surface area contributed by atoms with E-state index in [9.17, 15) is 9.18 Å². The first kappa shape index (κ1) is 18.8. The number of aromatic nitrogens is 5. The Labute approximate surface area is 176 Å². The van der Waals surface area contributed by atoms with Crippen LogP contribution in [0.2, 0.25) is 0 Å². The molecular weight excluding hydrogens is 395 g/mol. The van der Waals surface area contributed by atoms with Crippen LogP contribution in [-0.2, 0) is 6.42 Å². The number of nitrogens with zero attached hydrogens (tertiary/aromatic N) is 5. The van der Waals surface area contributed by atoms with Gasteiger partial charge in [0, 0.05) is 30.6 Å². The quantitative estimate of drug-likeness (QED) is 0.489. The van der Waals surface area contributed by atoms with Crippen molar-refractivity contribution in [2.75, 3.05) is 7.05 Å². The van der Waals surface area contributed by atoms with Crippen molar-refractivity contribution in [1.82, 2.24) is 29.9 Å². The summed E-state index contributed by atoms with van der Waals surface area (Å²) in [6, 6.07) is 14.3. The first-order valence-corrected chi connectivity index (χ1v) is 9.68. The number of pyridine rings is 1. The van der Waals surface area contributed by atoms with Gasteiger partial charge in [0.1, 0.15) is 11.5 Å². The van der Waals surface area contributed by atoms with Crippen LogP contribution < -0.4 is 5.32 Å².